The number of benzene rings is 1. The molecule has 0 aromatic heterocycles. The zero-order valence-electron chi connectivity index (χ0n) is 8.42. The van der Waals surface area contributed by atoms with Gasteiger partial charge in [0, 0.05) is 4.47 Å². The summed E-state index contributed by atoms with van der Waals surface area (Å²) >= 11 is 8.61. The van der Waals surface area contributed by atoms with Crippen LogP contribution in [0.25, 0.3) is 0 Å². The van der Waals surface area contributed by atoms with Gasteiger partial charge in [0.25, 0.3) is 0 Å². The highest BCUT2D eigenvalue weighted by molar-refractivity contribution is 9.10. The van der Waals surface area contributed by atoms with E-state index in [0.29, 0.717) is 13.2 Å². The minimum Gasteiger partial charge on any atom is -0.372 e. The molecular weight excluding hydrogens is 274 g/mol. The van der Waals surface area contributed by atoms with Gasteiger partial charge in [0.1, 0.15) is 4.99 Å². The third-order valence-electron chi connectivity index (χ3n) is 2.50. The van der Waals surface area contributed by atoms with E-state index >= 15 is 0 Å². The van der Waals surface area contributed by atoms with Crippen LogP contribution in [-0.2, 0) is 10.3 Å². The van der Waals surface area contributed by atoms with Gasteiger partial charge in [-0.3, -0.25) is 0 Å². The van der Waals surface area contributed by atoms with Crippen molar-refractivity contribution in [2.24, 2.45) is 0 Å². The van der Waals surface area contributed by atoms with Crippen LogP contribution in [0.5, 0.6) is 0 Å². The van der Waals surface area contributed by atoms with E-state index in [2.05, 4.69) is 40.3 Å². The number of thiocarbonyl (C=S) groups is 1. The van der Waals surface area contributed by atoms with Gasteiger partial charge in [-0.05, 0) is 24.6 Å². The Balaban J connectivity index is 2.32. The average Bonchev–Trinajstić information content (AvgIpc) is 2.17. The molecule has 0 saturated carbocycles. The first-order valence-electron chi connectivity index (χ1n) is 4.75. The summed E-state index contributed by atoms with van der Waals surface area (Å²) in [4.78, 5) is 0.767. The number of hydrogen-bond acceptors (Lipinski definition) is 2. The second-order valence-corrected chi connectivity index (χ2v) is 5.29. The maximum Gasteiger partial charge on any atom is 0.102 e. The summed E-state index contributed by atoms with van der Waals surface area (Å²) in [5.41, 5.74) is 0.970. The highest BCUT2D eigenvalue weighted by atomic mass is 79.9. The first-order chi connectivity index (χ1) is 7.10. The monoisotopic (exact) mass is 285 g/mol. The lowest BCUT2D eigenvalue weighted by Gasteiger charge is -2.36. The summed E-state index contributed by atoms with van der Waals surface area (Å²) < 4.78 is 6.54. The zero-order chi connectivity index (χ0) is 10.9. The molecule has 1 saturated heterocycles. The van der Waals surface area contributed by atoms with Crippen molar-refractivity contribution in [1.82, 2.24) is 5.32 Å². The number of rotatable bonds is 1. The fourth-order valence-corrected chi connectivity index (χ4v) is 2.42. The lowest BCUT2D eigenvalue weighted by Crippen LogP contribution is -2.52. The first kappa shape index (κ1) is 11.0. The van der Waals surface area contributed by atoms with E-state index in [1.807, 2.05) is 12.1 Å². The smallest absolute Gasteiger partial charge is 0.102 e. The number of morpholine rings is 1. The molecule has 1 N–H and O–H groups in total. The van der Waals surface area contributed by atoms with Gasteiger partial charge < -0.3 is 10.1 Å². The largest absolute Gasteiger partial charge is 0.372 e. The molecule has 0 radical (unpaired) electrons. The molecule has 1 heterocycles. The highest BCUT2D eigenvalue weighted by Crippen LogP contribution is 2.26. The summed E-state index contributed by atoms with van der Waals surface area (Å²) in [6.45, 7) is 3.27. The van der Waals surface area contributed by atoms with Crippen LogP contribution >= 0.6 is 28.1 Å². The van der Waals surface area contributed by atoms with Crippen molar-refractivity contribution in [1.29, 1.82) is 0 Å². The predicted molar refractivity (Wildman–Crippen MR) is 68.0 cm³/mol. The van der Waals surface area contributed by atoms with Gasteiger partial charge in [0.2, 0.25) is 0 Å². The summed E-state index contributed by atoms with van der Waals surface area (Å²) in [6.07, 6.45) is 0. The van der Waals surface area contributed by atoms with Crippen molar-refractivity contribution in [3.05, 3.63) is 34.3 Å². The van der Waals surface area contributed by atoms with Crippen LogP contribution in [0.4, 0.5) is 0 Å². The van der Waals surface area contributed by atoms with Gasteiger partial charge >= 0.3 is 0 Å². The molecule has 1 aromatic carbocycles. The molecule has 15 heavy (non-hydrogen) atoms. The molecule has 4 heteroatoms. The van der Waals surface area contributed by atoms with Crippen molar-refractivity contribution in [3.8, 4) is 0 Å². The molecule has 0 bridgehead atoms. The van der Waals surface area contributed by atoms with Crippen LogP contribution in [-0.4, -0.2) is 18.2 Å². The van der Waals surface area contributed by atoms with E-state index in [1.165, 1.54) is 5.56 Å². The maximum absolute atomic E-state index is 5.47. The summed E-state index contributed by atoms with van der Waals surface area (Å²) in [5, 5.41) is 3.32. The van der Waals surface area contributed by atoms with Gasteiger partial charge in [-0.25, -0.2) is 0 Å². The van der Waals surface area contributed by atoms with E-state index in [9.17, 15) is 0 Å². The zero-order valence-corrected chi connectivity index (χ0v) is 10.8. The second kappa shape index (κ2) is 4.20. The van der Waals surface area contributed by atoms with E-state index in [1.54, 1.807) is 0 Å². The Morgan fingerprint density at radius 1 is 1.53 bits per heavy atom. The van der Waals surface area contributed by atoms with Crippen LogP contribution in [0.3, 0.4) is 0 Å². The van der Waals surface area contributed by atoms with E-state index in [-0.39, 0.29) is 5.54 Å². The van der Waals surface area contributed by atoms with E-state index in [0.717, 1.165) is 9.46 Å². The number of hydrogen-bond donors (Lipinski definition) is 1. The van der Waals surface area contributed by atoms with Crippen molar-refractivity contribution in [3.63, 3.8) is 0 Å². The Kier molecular flexibility index (Phi) is 3.09. The maximum atomic E-state index is 5.47. The fourth-order valence-electron chi connectivity index (χ4n) is 1.71. The first-order valence-corrected chi connectivity index (χ1v) is 5.95. The molecule has 1 fully saturated rings. The third kappa shape index (κ3) is 2.38. The Morgan fingerprint density at radius 3 is 3.00 bits per heavy atom. The minimum absolute atomic E-state index is 0.209. The number of ether oxygens (including phenoxy) is 1. The van der Waals surface area contributed by atoms with E-state index < -0.39 is 0 Å². The topological polar surface area (TPSA) is 21.3 Å². The van der Waals surface area contributed by atoms with E-state index in [4.69, 9.17) is 17.0 Å². The molecule has 1 aliphatic heterocycles. The van der Waals surface area contributed by atoms with Gasteiger partial charge in [-0.15, -0.1) is 0 Å². The quantitative estimate of drug-likeness (QED) is 0.802. The average molecular weight is 286 g/mol. The molecule has 1 aliphatic rings. The van der Waals surface area contributed by atoms with Gasteiger partial charge in [-0.2, -0.15) is 0 Å². The molecule has 2 rings (SSSR count). The van der Waals surface area contributed by atoms with Crippen LogP contribution in [0.2, 0.25) is 0 Å². The molecule has 1 atom stereocenters. The van der Waals surface area contributed by atoms with Gasteiger partial charge in [-0.1, -0.05) is 40.3 Å². The molecule has 80 valence electrons. The van der Waals surface area contributed by atoms with Crippen LogP contribution in [0.1, 0.15) is 12.5 Å². The Morgan fingerprint density at radius 2 is 2.33 bits per heavy atom. The number of halogens is 1. The van der Waals surface area contributed by atoms with Crippen molar-refractivity contribution in [2.45, 2.75) is 12.5 Å². The minimum atomic E-state index is -0.209. The van der Waals surface area contributed by atoms with Crippen LogP contribution in [0.15, 0.2) is 28.7 Å². The lowest BCUT2D eigenvalue weighted by molar-refractivity contribution is 0.0875. The standard InChI is InChI=1S/C11H12BrNOS/c1-11(7-14-6-10(15)13-11)8-3-2-4-9(12)5-8/h2-5H,6-7H2,1H3,(H,13,15)/t11-/m0/s1. The van der Waals surface area contributed by atoms with Crippen molar-refractivity contribution < 1.29 is 4.74 Å². The van der Waals surface area contributed by atoms with Gasteiger partial charge in [0.15, 0.2) is 0 Å². The summed E-state index contributed by atoms with van der Waals surface area (Å²) in [7, 11) is 0. The van der Waals surface area contributed by atoms with Crippen molar-refractivity contribution >= 4 is 33.1 Å². The Hall–Kier alpha value is -0.450. The Labute approximate surface area is 103 Å². The summed E-state index contributed by atoms with van der Waals surface area (Å²) in [6, 6.07) is 8.19. The number of nitrogens with one attached hydrogen (secondary N) is 1. The van der Waals surface area contributed by atoms with Crippen LogP contribution in [0, 0.1) is 0 Å². The normalized spacial score (nSPS) is 26.1. The third-order valence-corrected chi connectivity index (χ3v) is 3.21. The molecule has 0 spiro atoms. The highest BCUT2D eigenvalue weighted by Gasteiger charge is 2.31. The summed E-state index contributed by atoms with van der Waals surface area (Å²) in [5.74, 6) is 0. The van der Waals surface area contributed by atoms with Crippen molar-refractivity contribution in [2.75, 3.05) is 13.2 Å². The molecule has 2 nitrogen and oxygen atoms in total. The SMILES string of the molecule is C[C@@]1(c2cccc(Br)c2)COCC(=S)N1. The van der Waals surface area contributed by atoms with Gasteiger partial charge in [0.05, 0.1) is 18.8 Å². The molecule has 0 unspecified atom stereocenters. The second-order valence-electron chi connectivity index (χ2n) is 3.88. The lowest BCUT2D eigenvalue weighted by atomic mass is 9.92. The fraction of sp³-hybridized carbons (Fsp3) is 0.364. The molecular formula is C11H12BrNOS. The molecule has 1 aromatic rings. The van der Waals surface area contributed by atoms with Crippen LogP contribution < -0.4 is 5.32 Å². The molecule has 0 amide bonds. The molecule has 0 aliphatic carbocycles. The predicted octanol–water partition coefficient (Wildman–Crippen LogP) is 2.61. The Bertz CT molecular complexity index is 396.